The van der Waals surface area contributed by atoms with Gasteiger partial charge in [-0.2, -0.15) is 0 Å². The Hall–Kier alpha value is -4.31. The molecule has 0 N–H and O–H groups in total. The Labute approximate surface area is 213 Å². The fourth-order valence-electron chi connectivity index (χ4n) is 3.73. The number of carbonyl (C=O) groups is 1. The van der Waals surface area contributed by atoms with Crippen molar-refractivity contribution in [3.8, 4) is 11.5 Å². The van der Waals surface area contributed by atoms with Crippen molar-refractivity contribution in [2.75, 3.05) is 11.5 Å². The Morgan fingerprint density at radius 3 is 1.61 bits per heavy atom. The summed E-state index contributed by atoms with van der Waals surface area (Å²) < 4.78 is 11.2. The van der Waals surface area contributed by atoms with Crippen molar-refractivity contribution in [2.45, 2.75) is 27.2 Å². The minimum absolute atomic E-state index is 0.374. The molecule has 4 nitrogen and oxygen atoms in total. The van der Waals surface area contributed by atoms with E-state index in [-0.39, 0.29) is 0 Å². The molecule has 0 amide bonds. The number of anilines is 3. The zero-order valence-corrected chi connectivity index (χ0v) is 21.0. The summed E-state index contributed by atoms with van der Waals surface area (Å²) in [6.45, 7) is 9.96. The summed E-state index contributed by atoms with van der Waals surface area (Å²) in [6, 6.07) is 32.7. The highest BCUT2D eigenvalue weighted by atomic mass is 16.5. The van der Waals surface area contributed by atoms with Gasteiger partial charge in [0.25, 0.3) is 0 Å². The maximum atomic E-state index is 11.6. The van der Waals surface area contributed by atoms with Crippen molar-refractivity contribution in [3.63, 3.8) is 0 Å². The van der Waals surface area contributed by atoms with Crippen molar-refractivity contribution >= 4 is 23.0 Å². The molecule has 0 aliphatic rings. The molecular formula is C32H31NO3. The van der Waals surface area contributed by atoms with Crippen LogP contribution < -0.4 is 14.4 Å². The number of hydrogen-bond donors (Lipinski definition) is 0. The Balaban J connectivity index is 1.41. The van der Waals surface area contributed by atoms with Crippen LogP contribution in [0.2, 0.25) is 0 Å². The van der Waals surface area contributed by atoms with Crippen LogP contribution in [-0.2, 0) is 11.2 Å². The molecule has 4 heteroatoms. The monoisotopic (exact) mass is 477 g/mol. The molecule has 0 atom stereocenters. The van der Waals surface area contributed by atoms with E-state index in [2.05, 4.69) is 86.0 Å². The smallest absolute Gasteiger partial charge is 0.338 e. The quantitative estimate of drug-likeness (QED) is 0.140. The van der Waals surface area contributed by atoms with Gasteiger partial charge in [0.2, 0.25) is 0 Å². The number of esters is 1. The van der Waals surface area contributed by atoms with Crippen molar-refractivity contribution < 1.29 is 14.3 Å². The van der Waals surface area contributed by atoms with Crippen molar-refractivity contribution in [1.82, 2.24) is 0 Å². The lowest BCUT2D eigenvalue weighted by atomic mass is 10.1. The molecule has 0 aromatic heterocycles. The van der Waals surface area contributed by atoms with E-state index in [9.17, 15) is 4.79 Å². The average molecular weight is 478 g/mol. The fourth-order valence-corrected chi connectivity index (χ4v) is 3.73. The van der Waals surface area contributed by atoms with Crippen LogP contribution in [-0.4, -0.2) is 12.6 Å². The van der Waals surface area contributed by atoms with E-state index in [1.807, 2.05) is 24.3 Å². The van der Waals surface area contributed by atoms with Gasteiger partial charge < -0.3 is 14.4 Å². The van der Waals surface area contributed by atoms with Crippen molar-refractivity contribution in [2.24, 2.45) is 0 Å². The third kappa shape index (κ3) is 6.42. The lowest BCUT2D eigenvalue weighted by Crippen LogP contribution is -2.10. The third-order valence-electron chi connectivity index (χ3n) is 5.82. The summed E-state index contributed by atoms with van der Waals surface area (Å²) in [4.78, 5) is 13.9. The highest BCUT2D eigenvalue weighted by molar-refractivity contribution is 5.88. The zero-order valence-electron chi connectivity index (χ0n) is 21.0. The van der Waals surface area contributed by atoms with Crippen LogP contribution in [0.5, 0.6) is 11.5 Å². The van der Waals surface area contributed by atoms with E-state index < -0.39 is 5.97 Å². The Kier molecular flexibility index (Phi) is 7.86. The maximum Gasteiger partial charge on any atom is 0.338 e. The van der Waals surface area contributed by atoms with Gasteiger partial charge in [-0.3, -0.25) is 0 Å². The SMILES string of the molecule is C=C(C)C(=O)Oc1ccc(CCOc2ccc(N(c3ccc(C)cc3)c3ccc(C)cc3)cc2)cc1. The van der Waals surface area contributed by atoms with Gasteiger partial charge in [0.15, 0.2) is 0 Å². The van der Waals surface area contributed by atoms with Crippen LogP contribution in [0.3, 0.4) is 0 Å². The van der Waals surface area contributed by atoms with Crippen LogP contribution in [0.1, 0.15) is 23.6 Å². The molecular weight excluding hydrogens is 446 g/mol. The van der Waals surface area contributed by atoms with Gasteiger partial charge in [-0.25, -0.2) is 4.79 Å². The second kappa shape index (κ2) is 11.4. The number of benzene rings is 4. The predicted octanol–water partition coefficient (Wildman–Crippen LogP) is 7.88. The van der Waals surface area contributed by atoms with Crippen LogP contribution in [0, 0.1) is 13.8 Å². The molecule has 0 bridgehead atoms. The highest BCUT2D eigenvalue weighted by Crippen LogP contribution is 2.35. The van der Waals surface area contributed by atoms with Crippen molar-refractivity contribution in [3.05, 3.63) is 126 Å². The first-order valence-electron chi connectivity index (χ1n) is 12.0. The second-order valence-electron chi connectivity index (χ2n) is 8.91. The van der Waals surface area contributed by atoms with Gasteiger partial charge in [-0.15, -0.1) is 0 Å². The minimum Gasteiger partial charge on any atom is -0.493 e. The van der Waals surface area contributed by atoms with Crippen LogP contribution >= 0.6 is 0 Å². The maximum absolute atomic E-state index is 11.6. The number of rotatable bonds is 9. The molecule has 4 rings (SSSR count). The first-order chi connectivity index (χ1) is 17.4. The molecule has 0 spiro atoms. The average Bonchev–Trinajstić information content (AvgIpc) is 2.88. The van der Waals surface area contributed by atoms with E-state index in [0.29, 0.717) is 17.9 Å². The van der Waals surface area contributed by atoms with Gasteiger partial charge in [-0.1, -0.05) is 54.1 Å². The summed E-state index contributed by atoms with van der Waals surface area (Å²) in [7, 11) is 0. The van der Waals surface area contributed by atoms with E-state index in [4.69, 9.17) is 9.47 Å². The number of hydrogen-bond acceptors (Lipinski definition) is 4. The largest absolute Gasteiger partial charge is 0.493 e. The molecule has 182 valence electrons. The molecule has 4 aromatic rings. The summed E-state index contributed by atoms with van der Waals surface area (Å²) in [5, 5.41) is 0. The van der Waals surface area contributed by atoms with Crippen LogP contribution in [0.15, 0.2) is 109 Å². The molecule has 4 aromatic carbocycles. The van der Waals surface area contributed by atoms with Crippen LogP contribution in [0.4, 0.5) is 17.1 Å². The molecule has 36 heavy (non-hydrogen) atoms. The predicted molar refractivity (Wildman–Crippen MR) is 147 cm³/mol. The lowest BCUT2D eigenvalue weighted by molar-refractivity contribution is -0.130. The van der Waals surface area contributed by atoms with Gasteiger partial charge >= 0.3 is 5.97 Å². The summed E-state index contributed by atoms with van der Waals surface area (Å²) in [5.74, 6) is 0.909. The fraction of sp³-hybridized carbons (Fsp3) is 0.156. The Bertz CT molecular complexity index is 1260. The Morgan fingerprint density at radius 1 is 0.694 bits per heavy atom. The Morgan fingerprint density at radius 2 is 1.14 bits per heavy atom. The number of carbonyl (C=O) groups excluding carboxylic acids is 1. The zero-order chi connectivity index (χ0) is 25.5. The molecule has 0 radical (unpaired) electrons. The first kappa shape index (κ1) is 24.8. The van der Waals surface area contributed by atoms with E-state index in [1.165, 1.54) is 11.1 Å². The van der Waals surface area contributed by atoms with E-state index >= 15 is 0 Å². The van der Waals surface area contributed by atoms with Gasteiger partial charge in [0.1, 0.15) is 11.5 Å². The first-order valence-corrected chi connectivity index (χ1v) is 12.0. The van der Waals surface area contributed by atoms with Crippen molar-refractivity contribution in [1.29, 1.82) is 0 Å². The number of aryl methyl sites for hydroxylation is 2. The molecule has 0 fully saturated rings. The van der Waals surface area contributed by atoms with Crippen LogP contribution in [0.25, 0.3) is 0 Å². The second-order valence-corrected chi connectivity index (χ2v) is 8.91. The lowest BCUT2D eigenvalue weighted by Gasteiger charge is -2.26. The van der Waals surface area contributed by atoms with Gasteiger partial charge in [-0.05, 0) is 87.0 Å². The summed E-state index contributed by atoms with van der Waals surface area (Å²) in [6.07, 6.45) is 0.745. The molecule has 0 heterocycles. The minimum atomic E-state index is -0.419. The number of ether oxygens (including phenoxy) is 2. The summed E-state index contributed by atoms with van der Waals surface area (Å²) >= 11 is 0. The van der Waals surface area contributed by atoms with E-state index in [0.717, 1.165) is 34.8 Å². The normalized spacial score (nSPS) is 10.5. The molecule has 0 saturated heterocycles. The topological polar surface area (TPSA) is 38.8 Å². The standard InChI is InChI=1S/C32H31NO3/c1-23(2)32(34)36-31-17-9-26(10-18-31)21-22-35-30-19-15-29(16-20-30)33(27-11-5-24(3)6-12-27)28-13-7-25(4)8-14-28/h5-20H,1,21-22H2,2-4H3. The molecule has 0 saturated carbocycles. The molecule has 0 aliphatic carbocycles. The molecule has 0 aliphatic heterocycles. The van der Waals surface area contributed by atoms with Gasteiger partial charge in [0, 0.05) is 29.1 Å². The number of nitrogens with zero attached hydrogens (tertiary/aromatic N) is 1. The highest BCUT2D eigenvalue weighted by Gasteiger charge is 2.12. The summed E-state index contributed by atoms with van der Waals surface area (Å²) in [5.41, 5.74) is 7.22. The van der Waals surface area contributed by atoms with E-state index in [1.54, 1.807) is 19.1 Å². The third-order valence-corrected chi connectivity index (χ3v) is 5.82. The molecule has 0 unspecified atom stereocenters. The van der Waals surface area contributed by atoms with Gasteiger partial charge in [0.05, 0.1) is 6.61 Å².